The first-order chi connectivity index (χ1) is 19.0. The van der Waals surface area contributed by atoms with Crippen LogP contribution in [0.1, 0.15) is 16.7 Å². The number of alkyl halides is 6. The van der Waals surface area contributed by atoms with Crippen LogP contribution in [0.3, 0.4) is 0 Å². The highest BCUT2D eigenvalue weighted by molar-refractivity contribution is 6.47. The van der Waals surface area contributed by atoms with E-state index in [4.69, 9.17) is 23.2 Å². The molecule has 41 heavy (non-hydrogen) atoms. The van der Waals surface area contributed by atoms with E-state index in [9.17, 15) is 45.5 Å². The lowest BCUT2D eigenvalue weighted by Gasteiger charge is -2.38. The van der Waals surface area contributed by atoms with E-state index >= 15 is 0 Å². The molecule has 0 radical (unpaired) electrons. The predicted molar refractivity (Wildman–Crippen MR) is 141 cm³/mol. The highest BCUT2D eigenvalue weighted by Gasteiger charge is 2.72. The van der Waals surface area contributed by atoms with Gasteiger partial charge in [-0.1, -0.05) is 65.2 Å². The summed E-state index contributed by atoms with van der Waals surface area (Å²) in [5.41, 5.74) is -10.7. The van der Waals surface area contributed by atoms with Gasteiger partial charge in [-0.15, -0.1) is 0 Å². The first-order valence-corrected chi connectivity index (χ1v) is 12.3. The lowest BCUT2D eigenvalue weighted by molar-refractivity contribution is -0.288. The summed E-state index contributed by atoms with van der Waals surface area (Å²) < 4.78 is 87.6. The summed E-state index contributed by atoms with van der Waals surface area (Å²) in [5, 5.41) is -2.93. The molecule has 2 aromatic heterocycles. The van der Waals surface area contributed by atoms with Crippen molar-refractivity contribution in [3.63, 3.8) is 0 Å². The second-order valence-electron chi connectivity index (χ2n) is 9.40. The molecule has 0 saturated carbocycles. The summed E-state index contributed by atoms with van der Waals surface area (Å²) in [5.74, 6) is 0. The normalized spacial score (nSPS) is 13.0. The fraction of sp³-hybridized carbons (Fsp3) is 0.185. The maximum atomic E-state index is 14.4. The Bertz CT molecular complexity index is 1990. The molecule has 0 aliphatic rings. The molecular formula is C27H14Cl2F6N2O4. The molecular weight excluding hydrogens is 601 g/mol. The van der Waals surface area contributed by atoms with Crippen LogP contribution >= 0.6 is 23.2 Å². The molecule has 0 saturated heterocycles. The van der Waals surface area contributed by atoms with Gasteiger partial charge in [0.2, 0.25) is 5.41 Å². The van der Waals surface area contributed by atoms with Crippen molar-refractivity contribution in [3.8, 4) is 5.69 Å². The summed E-state index contributed by atoms with van der Waals surface area (Å²) >= 11 is 12.5. The van der Waals surface area contributed by atoms with Crippen molar-refractivity contribution in [2.75, 3.05) is 0 Å². The first kappa shape index (κ1) is 28.6. The molecule has 0 fully saturated rings. The average molecular weight is 615 g/mol. The number of hydrogen-bond acceptors (Lipinski definition) is 4. The Morgan fingerprint density at radius 2 is 0.927 bits per heavy atom. The first-order valence-electron chi connectivity index (χ1n) is 11.5. The van der Waals surface area contributed by atoms with Crippen LogP contribution in [0.4, 0.5) is 26.3 Å². The molecule has 0 spiro atoms. The molecule has 2 heterocycles. The van der Waals surface area contributed by atoms with E-state index in [2.05, 4.69) is 0 Å². The Kier molecular flexibility index (Phi) is 6.32. The molecule has 0 unspecified atom stereocenters. The quantitative estimate of drug-likeness (QED) is 0.253. The zero-order valence-electron chi connectivity index (χ0n) is 20.7. The maximum absolute atomic E-state index is 14.4. The van der Waals surface area contributed by atoms with Gasteiger partial charge in [-0.05, 0) is 30.2 Å². The molecule has 0 aliphatic heterocycles. The van der Waals surface area contributed by atoms with Gasteiger partial charge in [-0.25, -0.2) is 4.57 Å². The highest BCUT2D eigenvalue weighted by Crippen LogP contribution is 2.56. The van der Waals surface area contributed by atoms with Crippen LogP contribution in [-0.4, -0.2) is 21.5 Å². The zero-order chi connectivity index (χ0) is 30.4. The van der Waals surface area contributed by atoms with E-state index < -0.39 is 88.4 Å². The van der Waals surface area contributed by atoms with Crippen molar-refractivity contribution in [2.45, 2.75) is 24.7 Å². The number of halogens is 8. The van der Waals surface area contributed by atoms with Gasteiger partial charge in [-0.3, -0.25) is 23.7 Å². The van der Waals surface area contributed by atoms with E-state index in [1.54, 1.807) is 0 Å². The summed E-state index contributed by atoms with van der Waals surface area (Å²) in [6.07, 6.45) is -11.7. The van der Waals surface area contributed by atoms with E-state index in [-0.39, 0.29) is 0 Å². The van der Waals surface area contributed by atoms with E-state index in [0.717, 1.165) is 43.4 Å². The largest absolute Gasteiger partial charge is 0.411 e. The van der Waals surface area contributed by atoms with E-state index in [1.807, 2.05) is 0 Å². The Morgan fingerprint density at radius 1 is 0.585 bits per heavy atom. The molecule has 0 N–H and O–H groups in total. The van der Waals surface area contributed by atoms with Crippen LogP contribution in [0.2, 0.25) is 10.0 Å². The number of aromatic nitrogens is 2. The molecule has 0 amide bonds. The van der Waals surface area contributed by atoms with Crippen LogP contribution in [0.5, 0.6) is 0 Å². The molecule has 212 valence electrons. The van der Waals surface area contributed by atoms with Crippen molar-refractivity contribution < 1.29 is 26.3 Å². The fourth-order valence-corrected chi connectivity index (χ4v) is 5.82. The molecule has 5 rings (SSSR count). The highest BCUT2D eigenvalue weighted by atomic mass is 35.5. The Labute approximate surface area is 234 Å². The third kappa shape index (κ3) is 3.73. The minimum Gasteiger partial charge on any atom is -0.277 e. The molecule has 6 nitrogen and oxygen atoms in total. The van der Waals surface area contributed by atoms with Gasteiger partial charge in [0, 0.05) is 7.05 Å². The van der Waals surface area contributed by atoms with Crippen LogP contribution < -0.4 is 22.2 Å². The topological polar surface area (TPSA) is 78.1 Å². The van der Waals surface area contributed by atoms with Gasteiger partial charge in [0.05, 0.1) is 37.3 Å². The van der Waals surface area contributed by atoms with E-state index in [0.29, 0.717) is 26.8 Å². The summed E-state index contributed by atoms with van der Waals surface area (Å²) in [4.78, 5) is 51.6. The Balaban J connectivity index is 1.79. The molecule has 0 atom stereocenters. The molecule has 14 heteroatoms. The van der Waals surface area contributed by atoms with E-state index in [1.165, 1.54) is 6.92 Å². The number of aryl methyl sites for hydroxylation is 1. The molecule has 5 aromatic rings. The van der Waals surface area contributed by atoms with Crippen molar-refractivity contribution in [3.05, 3.63) is 117 Å². The van der Waals surface area contributed by atoms with Gasteiger partial charge in [0.1, 0.15) is 0 Å². The molecule has 3 aromatic carbocycles. The van der Waals surface area contributed by atoms with Gasteiger partial charge in [0.25, 0.3) is 22.2 Å². The van der Waals surface area contributed by atoms with Gasteiger partial charge in [-0.2, -0.15) is 26.3 Å². The third-order valence-electron chi connectivity index (χ3n) is 7.14. The van der Waals surface area contributed by atoms with Crippen LogP contribution in [0, 0.1) is 6.92 Å². The second-order valence-corrected chi connectivity index (χ2v) is 10.2. The average Bonchev–Trinajstić information content (AvgIpc) is 3.28. The Hall–Kier alpha value is -3.90. The predicted octanol–water partition coefficient (Wildman–Crippen LogP) is 5.46. The Morgan fingerprint density at radius 3 is 1.29 bits per heavy atom. The number of fused-ring (bicyclic) bond motifs is 2. The fourth-order valence-electron chi connectivity index (χ4n) is 5.12. The minimum absolute atomic E-state index is 0.399. The summed E-state index contributed by atoms with van der Waals surface area (Å²) in [6, 6.07) is 6.23. The molecule has 0 aliphatic carbocycles. The monoisotopic (exact) mass is 614 g/mol. The van der Waals surface area contributed by atoms with Crippen LogP contribution in [-0.2, 0) is 12.5 Å². The maximum Gasteiger partial charge on any atom is 0.411 e. The lowest BCUT2D eigenvalue weighted by Crippen LogP contribution is -2.54. The SMILES string of the molecule is Cc1ccc(C(c2ccc(-n3c(=O)c4c(Cl)c5c(=O)n(C)c(=O)c5c(Cl)c4c3=O)cc2)(C(F)(F)F)C(F)(F)F)cc1. The lowest BCUT2D eigenvalue weighted by atomic mass is 9.72. The van der Waals surface area contributed by atoms with Crippen LogP contribution in [0.15, 0.2) is 67.7 Å². The molecule has 0 bridgehead atoms. The van der Waals surface area contributed by atoms with Gasteiger partial charge >= 0.3 is 12.4 Å². The third-order valence-corrected chi connectivity index (χ3v) is 7.90. The smallest absolute Gasteiger partial charge is 0.277 e. The number of benzene rings is 3. The number of nitrogens with zero attached hydrogens (tertiary/aromatic N) is 2. The van der Waals surface area contributed by atoms with Crippen LogP contribution in [0.25, 0.3) is 27.2 Å². The van der Waals surface area contributed by atoms with Crippen molar-refractivity contribution in [2.24, 2.45) is 7.05 Å². The van der Waals surface area contributed by atoms with Crippen molar-refractivity contribution in [1.29, 1.82) is 0 Å². The van der Waals surface area contributed by atoms with Gasteiger partial charge < -0.3 is 0 Å². The standard InChI is InChI=1S/C27H14Cl2F6N2O4/c1-11-3-5-12(6-4-11)25(26(30,31)32,27(33,34)35)13-7-9-14(10-8-13)37-23(40)17-18(24(37)41)20(29)16-15(19(17)28)21(38)36(2)22(16)39/h3-10H,1-2H3. The summed E-state index contributed by atoms with van der Waals surface area (Å²) in [7, 11) is 1.14. The number of hydrogen-bond donors (Lipinski definition) is 0. The zero-order valence-corrected chi connectivity index (χ0v) is 22.2. The van der Waals surface area contributed by atoms with Gasteiger partial charge in [0.15, 0.2) is 0 Å². The van der Waals surface area contributed by atoms with Crippen molar-refractivity contribution >= 4 is 44.7 Å². The summed E-state index contributed by atoms with van der Waals surface area (Å²) in [6.45, 7) is 1.50. The minimum atomic E-state index is -5.84. The van der Waals surface area contributed by atoms with Crippen molar-refractivity contribution in [1.82, 2.24) is 9.13 Å². The second kappa shape index (κ2) is 9.05. The number of rotatable bonds is 3.